The molecule has 1 aliphatic heterocycles. The fourth-order valence-electron chi connectivity index (χ4n) is 1.48. The van der Waals surface area contributed by atoms with Crippen LogP contribution in [0, 0.1) is 0 Å². The van der Waals surface area contributed by atoms with Crippen molar-refractivity contribution in [3.8, 4) is 0 Å². The van der Waals surface area contributed by atoms with Crippen LogP contribution in [-0.4, -0.2) is 11.9 Å². The number of ether oxygens (including phenoxy) is 1. The number of hydrogen-bond donors (Lipinski definition) is 0. The second kappa shape index (κ2) is 14.2. The summed E-state index contributed by atoms with van der Waals surface area (Å²) in [6.07, 6.45) is 5.84. The molecule has 0 spiro atoms. The molecule has 0 saturated heterocycles. The van der Waals surface area contributed by atoms with E-state index in [1.807, 2.05) is 72.8 Å². The van der Waals surface area contributed by atoms with Crippen molar-refractivity contribution in [1.82, 2.24) is 0 Å². The number of rotatable bonds is 2. The molecule has 3 rings (SSSR count). The van der Waals surface area contributed by atoms with Gasteiger partial charge >= 0.3 is 11.9 Å². The van der Waals surface area contributed by atoms with Gasteiger partial charge in [0.2, 0.25) is 0 Å². The van der Waals surface area contributed by atoms with Gasteiger partial charge in [-0.25, -0.2) is 9.59 Å². The van der Waals surface area contributed by atoms with E-state index in [4.69, 9.17) is 0 Å². The summed E-state index contributed by atoms with van der Waals surface area (Å²) in [6.45, 7) is 13.3. The maximum atomic E-state index is 9.92. The van der Waals surface area contributed by atoms with Crippen LogP contribution in [0.1, 0.15) is 11.1 Å². The molecule has 128 valence electrons. The first-order valence-electron chi connectivity index (χ1n) is 7.44. The normalized spacial score (nSPS) is 10.6. The third-order valence-electron chi connectivity index (χ3n) is 2.63. The Labute approximate surface area is 149 Å². The van der Waals surface area contributed by atoms with Gasteiger partial charge < -0.3 is 4.74 Å². The summed E-state index contributed by atoms with van der Waals surface area (Å²) in [5.74, 6) is -1.16. The lowest BCUT2D eigenvalue weighted by atomic mass is 10.2. The van der Waals surface area contributed by atoms with Gasteiger partial charge in [0.25, 0.3) is 0 Å². The van der Waals surface area contributed by atoms with E-state index in [1.165, 1.54) is 11.1 Å². The smallest absolute Gasteiger partial charge is 0.338 e. The molecule has 0 unspecified atom stereocenters. The molecular formula is C22H22O3. The van der Waals surface area contributed by atoms with Crippen molar-refractivity contribution in [2.75, 3.05) is 0 Å². The maximum Gasteiger partial charge on any atom is 0.338 e. The Morgan fingerprint density at radius 1 is 0.640 bits per heavy atom. The summed E-state index contributed by atoms with van der Waals surface area (Å²) >= 11 is 0. The van der Waals surface area contributed by atoms with Crippen LogP contribution in [-0.2, 0) is 14.3 Å². The lowest BCUT2D eigenvalue weighted by molar-refractivity contribution is -0.150. The number of benzene rings is 2. The fraction of sp³-hybridized carbons (Fsp3) is 0. The lowest BCUT2D eigenvalue weighted by Gasteiger charge is -1.85. The Morgan fingerprint density at radius 3 is 1.12 bits per heavy atom. The van der Waals surface area contributed by atoms with Crippen LogP contribution >= 0.6 is 0 Å². The van der Waals surface area contributed by atoms with Crippen LogP contribution in [0.4, 0.5) is 0 Å². The maximum absolute atomic E-state index is 9.92. The largest absolute Gasteiger partial charge is 0.387 e. The second-order valence-corrected chi connectivity index (χ2v) is 4.30. The van der Waals surface area contributed by atoms with Gasteiger partial charge in [-0.2, -0.15) is 0 Å². The van der Waals surface area contributed by atoms with E-state index >= 15 is 0 Å². The highest BCUT2D eigenvalue weighted by molar-refractivity contribution is 6.04. The third-order valence-corrected chi connectivity index (χ3v) is 2.63. The van der Waals surface area contributed by atoms with Gasteiger partial charge in [0.15, 0.2) is 0 Å². The van der Waals surface area contributed by atoms with Crippen LogP contribution in [0.15, 0.2) is 99.1 Å². The zero-order valence-electron chi connectivity index (χ0n) is 14.1. The monoisotopic (exact) mass is 334 g/mol. The number of cyclic esters (lactones) is 2. The summed E-state index contributed by atoms with van der Waals surface area (Å²) in [5, 5.41) is 0. The minimum Gasteiger partial charge on any atom is -0.387 e. The summed E-state index contributed by atoms with van der Waals surface area (Å²) in [6, 6.07) is 20.1. The van der Waals surface area contributed by atoms with Crippen molar-refractivity contribution in [3.05, 3.63) is 110 Å². The first kappa shape index (κ1) is 21.5. The first-order valence-corrected chi connectivity index (χ1v) is 7.44. The highest BCUT2D eigenvalue weighted by Gasteiger charge is 2.10. The Hall–Kier alpha value is -3.46. The molecule has 25 heavy (non-hydrogen) atoms. The lowest BCUT2D eigenvalue weighted by Crippen LogP contribution is -1.96. The summed E-state index contributed by atoms with van der Waals surface area (Å²) in [7, 11) is 0. The van der Waals surface area contributed by atoms with E-state index in [9.17, 15) is 9.59 Å². The SMILES string of the molecule is C=C.C=Cc1ccccc1.C=Cc1ccccc1.O=C1C=CC(=O)O1. The predicted octanol–water partition coefficient (Wildman–Crippen LogP) is 5.09. The molecule has 1 heterocycles. The van der Waals surface area contributed by atoms with Crippen molar-refractivity contribution < 1.29 is 14.3 Å². The number of hydrogen-bond acceptors (Lipinski definition) is 3. The molecule has 0 saturated carbocycles. The zero-order valence-corrected chi connectivity index (χ0v) is 14.1. The predicted molar refractivity (Wildman–Crippen MR) is 105 cm³/mol. The van der Waals surface area contributed by atoms with Crippen LogP contribution in [0.25, 0.3) is 12.2 Å². The van der Waals surface area contributed by atoms with Gasteiger partial charge in [-0.1, -0.05) is 86.0 Å². The Bertz CT molecular complexity index is 626. The molecule has 2 aromatic carbocycles. The van der Waals surface area contributed by atoms with E-state index < -0.39 is 11.9 Å². The standard InChI is InChI=1S/2C8H8.C4H2O3.C2H4/c2*1-2-8-6-4-3-5-7-8;5-3-1-2-4(6)7-3;1-2/h2*2-7H,1H2;1-2H;1-2H2. The van der Waals surface area contributed by atoms with E-state index in [-0.39, 0.29) is 0 Å². The van der Waals surface area contributed by atoms with Crippen LogP contribution in [0.2, 0.25) is 0 Å². The van der Waals surface area contributed by atoms with Crippen molar-refractivity contribution in [1.29, 1.82) is 0 Å². The molecule has 0 N–H and O–H groups in total. The summed E-state index contributed by atoms with van der Waals surface area (Å²) in [4.78, 5) is 19.8. The molecule has 2 aromatic rings. The van der Waals surface area contributed by atoms with E-state index in [2.05, 4.69) is 31.1 Å². The summed E-state index contributed by atoms with van der Waals surface area (Å²) < 4.78 is 3.97. The molecule has 0 radical (unpaired) electrons. The van der Waals surface area contributed by atoms with E-state index in [0.29, 0.717) is 0 Å². The topological polar surface area (TPSA) is 43.4 Å². The Balaban J connectivity index is 0.000000330. The molecule has 3 nitrogen and oxygen atoms in total. The highest BCUT2D eigenvalue weighted by atomic mass is 16.6. The van der Waals surface area contributed by atoms with Gasteiger partial charge in [0.05, 0.1) is 0 Å². The number of carbonyl (C=O) groups is 2. The van der Waals surface area contributed by atoms with E-state index in [1.54, 1.807) is 0 Å². The molecule has 0 aromatic heterocycles. The molecule has 0 fully saturated rings. The number of esters is 2. The molecule has 0 atom stereocenters. The van der Waals surface area contributed by atoms with Gasteiger partial charge in [-0.3, -0.25) is 0 Å². The van der Waals surface area contributed by atoms with Crippen molar-refractivity contribution in [2.24, 2.45) is 0 Å². The molecular weight excluding hydrogens is 312 g/mol. The van der Waals surface area contributed by atoms with Crippen molar-refractivity contribution in [3.63, 3.8) is 0 Å². The van der Waals surface area contributed by atoms with Crippen molar-refractivity contribution in [2.45, 2.75) is 0 Å². The van der Waals surface area contributed by atoms with Crippen LogP contribution in [0.3, 0.4) is 0 Å². The average molecular weight is 334 g/mol. The van der Waals surface area contributed by atoms with Gasteiger partial charge in [-0.15, -0.1) is 13.2 Å². The van der Waals surface area contributed by atoms with E-state index in [0.717, 1.165) is 12.2 Å². The Morgan fingerprint density at radius 2 is 0.960 bits per heavy atom. The minimum absolute atomic E-state index is 0.579. The van der Waals surface area contributed by atoms with Gasteiger partial charge in [0, 0.05) is 12.2 Å². The first-order chi connectivity index (χ1) is 12.2. The van der Waals surface area contributed by atoms with Gasteiger partial charge in [-0.05, 0) is 11.1 Å². The zero-order chi connectivity index (χ0) is 18.9. The highest BCUT2D eigenvalue weighted by Crippen LogP contribution is 1.98. The minimum atomic E-state index is -0.579. The van der Waals surface area contributed by atoms with Crippen molar-refractivity contribution >= 4 is 24.1 Å². The molecule has 1 aliphatic rings. The Kier molecular flexibility index (Phi) is 12.2. The fourth-order valence-corrected chi connectivity index (χ4v) is 1.48. The van der Waals surface area contributed by atoms with Gasteiger partial charge in [0.1, 0.15) is 0 Å². The van der Waals surface area contributed by atoms with Crippen LogP contribution in [0.5, 0.6) is 0 Å². The number of carbonyl (C=O) groups excluding carboxylic acids is 2. The average Bonchev–Trinajstić information content (AvgIpc) is 3.08. The molecule has 0 bridgehead atoms. The summed E-state index contributed by atoms with van der Waals surface area (Å²) in [5.41, 5.74) is 2.35. The molecule has 3 heteroatoms. The molecule has 0 amide bonds. The quantitative estimate of drug-likeness (QED) is 0.436. The third kappa shape index (κ3) is 10.8. The molecule has 0 aliphatic carbocycles. The second-order valence-electron chi connectivity index (χ2n) is 4.30. The van der Waals surface area contributed by atoms with Crippen LogP contribution < -0.4 is 0 Å².